The van der Waals surface area contributed by atoms with Crippen LogP contribution in [0, 0.1) is 0 Å². The lowest BCUT2D eigenvalue weighted by Gasteiger charge is -2.22. The van der Waals surface area contributed by atoms with E-state index in [1.54, 1.807) is 0 Å². The summed E-state index contributed by atoms with van der Waals surface area (Å²) in [5.74, 6) is 0.786. The van der Waals surface area contributed by atoms with Crippen molar-refractivity contribution in [3.8, 4) is 17.2 Å². The third-order valence-corrected chi connectivity index (χ3v) is 5.82. The lowest BCUT2D eigenvalue weighted by atomic mass is 9.84. The molecule has 0 spiro atoms. The van der Waals surface area contributed by atoms with Crippen molar-refractivity contribution in [1.82, 2.24) is 0 Å². The summed E-state index contributed by atoms with van der Waals surface area (Å²) in [6, 6.07) is 17.3. The molecule has 0 aliphatic heterocycles. The van der Waals surface area contributed by atoms with E-state index in [4.69, 9.17) is 0 Å². The van der Waals surface area contributed by atoms with Crippen molar-refractivity contribution in [3.63, 3.8) is 0 Å². The van der Waals surface area contributed by atoms with Crippen LogP contribution >= 0.6 is 0 Å². The number of para-hydroxylation sites is 3. The summed E-state index contributed by atoms with van der Waals surface area (Å²) in [6.07, 6.45) is 0.868. The van der Waals surface area contributed by atoms with E-state index < -0.39 is 0 Å². The van der Waals surface area contributed by atoms with E-state index in [0.717, 1.165) is 33.4 Å². The lowest BCUT2D eigenvalue weighted by molar-refractivity contribution is 0.439. The van der Waals surface area contributed by atoms with Gasteiger partial charge < -0.3 is 15.3 Å². The molecule has 31 heavy (non-hydrogen) atoms. The topological polar surface area (TPSA) is 60.7 Å². The first-order valence-corrected chi connectivity index (χ1v) is 10.8. The summed E-state index contributed by atoms with van der Waals surface area (Å²) in [7, 11) is 0. The largest absolute Gasteiger partial charge is 0.507 e. The summed E-state index contributed by atoms with van der Waals surface area (Å²) in [6.45, 7) is 12.4. The van der Waals surface area contributed by atoms with Crippen LogP contribution in [0.3, 0.4) is 0 Å². The fourth-order valence-corrected chi connectivity index (χ4v) is 4.02. The zero-order valence-corrected chi connectivity index (χ0v) is 19.5. The summed E-state index contributed by atoms with van der Waals surface area (Å²) in [5.41, 5.74) is 4.54. The van der Waals surface area contributed by atoms with Crippen LogP contribution in [0.2, 0.25) is 0 Å². The summed E-state index contributed by atoms with van der Waals surface area (Å²) in [4.78, 5) is 0. The Morgan fingerprint density at radius 3 is 1.10 bits per heavy atom. The van der Waals surface area contributed by atoms with E-state index in [0.29, 0.717) is 12.8 Å². The van der Waals surface area contributed by atoms with Crippen molar-refractivity contribution in [2.45, 2.75) is 65.2 Å². The van der Waals surface area contributed by atoms with E-state index in [1.807, 2.05) is 54.6 Å². The Morgan fingerprint density at radius 2 is 0.774 bits per heavy atom. The van der Waals surface area contributed by atoms with Gasteiger partial charge in [-0.05, 0) is 44.2 Å². The zero-order valence-electron chi connectivity index (χ0n) is 19.5. The molecule has 0 saturated heterocycles. The number of rotatable bonds is 4. The molecule has 0 saturated carbocycles. The van der Waals surface area contributed by atoms with Gasteiger partial charge in [-0.1, -0.05) is 96.1 Å². The number of benzene rings is 3. The first kappa shape index (κ1) is 22.7. The number of hydrogen-bond acceptors (Lipinski definition) is 3. The van der Waals surface area contributed by atoms with E-state index in [1.165, 1.54) is 0 Å². The second-order valence-corrected chi connectivity index (χ2v) is 10.4. The smallest absolute Gasteiger partial charge is 0.122 e. The highest BCUT2D eigenvalue weighted by Gasteiger charge is 2.22. The summed E-state index contributed by atoms with van der Waals surface area (Å²) >= 11 is 0. The summed E-state index contributed by atoms with van der Waals surface area (Å²) < 4.78 is 0. The van der Waals surface area contributed by atoms with Gasteiger partial charge in [-0.25, -0.2) is 0 Å². The molecule has 0 bridgehead atoms. The van der Waals surface area contributed by atoms with Gasteiger partial charge in [-0.3, -0.25) is 0 Å². The van der Waals surface area contributed by atoms with Crippen molar-refractivity contribution >= 4 is 0 Å². The van der Waals surface area contributed by atoms with Gasteiger partial charge >= 0.3 is 0 Å². The first-order chi connectivity index (χ1) is 14.4. The molecule has 3 aromatic rings. The second-order valence-electron chi connectivity index (χ2n) is 10.4. The van der Waals surface area contributed by atoms with E-state index in [-0.39, 0.29) is 28.1 Å². The van der Waals surface area contributed by atoms with Crippen LogP contribution in [-0.4, -0.2) is 15.3 Å². The highest BCUT2D eigenvalue weighted by molar-refractivity contribution is 5.52. The maximum absolute atomic E-state index is 11.0. The number of aromatic hydroxyl groups is 3. The molecule has 0 atom stereocenters. The van der Waals surface area contributed by atoms with Crippen LogP contribution in [0.1, 0.15) is 74.9 Å². The minimum Gasteiger partial charge on any atom is -0.507 e. The Hall–Kier alpha value is -2.94. The Labute approximate surface area is 186 Å². The van der Waals surface area contributed by atoms with E-state index >= 15 is 0 Å². The van der Waals surface area contributed by atoms with Gasteiger partial charge in [0.05, 0.1) is 0 Å². The van der Waals surface area contributed by atoms with Gasteiger partial charge in [0.2, 0.25) is 0 Å². The van der Waals surface area contributed by atoms with Crippen molar-refractivity contribution in [2.75, 3.05) is 0 Å². The quantitative estimate of drug-likeness (QED) is 0.448. The Kier molecular flexibility index (Phi) is 6.09. The highest BCUT2D eigenvalue weighted by Crippen LogP contribution is 2.38. The van der Waals surface area contributed by atoms with Gasteiger partial charge in [0.15, 0.2) is 0 Å². The normalized spacial score (nSPS) is 12.2. The number of hydrogen-bond donors (Lipinski definition) is 3. The van der Waals surface area contributed by atoms with Gasteiger partial charge in [-0.2, -0.15) is 0 Å². The third-order valence-electron chi connectivity index (χ3n) is 5.82. The average Bonchev–Trinajstić information content (AvgIpc) is 2.66. The molecule has 0 fully saturated rings. The SMILES string of the molecule is CC(C)(C)c1cccc(Cc2cccc(Cc3cccc(C(C)(C)C)c3O)c2O)c1O. The van der Waals surface area contributed by atoms with Gasteiger partial charge in [-0.15, -0.1) is 0 Å². The molecule has 3 heteroatoms. The predicted octanol–water partition coefficient (Wildman–Crippen LogP) is 6.58. The van der Waals surface area contributed by atoms with Crippen LogP contribution in [0.25, 0.3) is 0 Å². The van der Waals surface area contributed by atoms with Crippen molar-refractivity contribution in [3.05, 3.63) is 88.0 Å². The monoisotopic (exact) mass is 418 g/mol. The molecule has 0 unspecified atom stereocenters. The van der Waals surface area contributed by atoms with Crippen LogP contribution in [0.15, 0.2) is 54.6 Å². The molecular formula is C28H34O3. The summed E-state index contributed by atoms with van der Waals surface area (Å²) in [5, 5.41) is 32.6. The predicted molar refractivity (Wildman–Crippen MR) is 127 cm³/mol. The first-order valence-electron chi connectivity index (χ1n) is 10.8. The lowest BCUT2D eigenvalue weighted by Crippen LogP contribution is -2.12. The molecule has 3 nitrogen and oxygen atoms in total. The molecular weight excluding hydrogens is 384 g/mol. The molecule has 164 valence electrons. The molecule has 0 aliphatic rings. The molecule has 3 aromatic carbocycles. The van der Waals surface area contributed by atoms with E-state index in [2.05, 4.69) is 41.5 Å². The van der Waals surface area contributed by atoms with Gasteiger partial charge in [0.25, 0.3) is 0 Å². The van der Waals surface area contributed by atoms with Crippen LogP contribution in [0.4, 0.5) is 0 Å². The van der Waals surface area contributed by atoms with Crippen molar-refractivity contribution < 1.29 is 15.3 Å². The van der Waals surface area contributed by atoms with Gasteiger partial charge in [0.1, 0.15) is 17.2 Å². The minimum absolute atomic E-state index is 0.167. The highest BCUT2D eigenvalue weighted by atomic mass is 16.3. The number of phenols is 3. The zero-order chi connectivity index (χ0) is 23.0. The van der Waals surface area contributed by atoms with Crippen LogP contribution < -0.4 is 0 Å². The fraction of sp³-hybridized carbons (Fsp3) is 0.357. The van der Waals surface area contributed by atoms with Crippen LogP contribution in [0.5, 0.6) is 17.2 Å². The second kappa shape index (κ2) is 8.30. The molecule has 0 aromatic heterocycles. The Morgan fingerprint density at radius 1 is 0.484 bits per heavy atom. The Bertz CT molecular complexity index is 999. The number of phenolic OH excluding ortho intramolecular Hbond substituents is 3. The molecule has 0 amide bonds. The maximum Gasteiger partial charge on any atom is 0.122 e. The molecule has 0 radical (unpaired) electrons. The molecule has 0 heterocycles. The van der Waals surface area contributed by atoms with Crippen molar-refractivity contribution in [1.29, 1.82) is 0 Å². The molecule has 3 N–H and O–H groups in total. The van der Waals surface area contributed by atoms with Crippen molar-refractivity contribution in [2.24, 2.45) is 0 Å². The average molecular weight is 419 g/mol. The van der Waals surface area contributed by atoms with Crippen LogP contribution in [-0.2, 0) is 23.7 Å². The third kappa shape index (κ3) is 4.87. The van der Waals surface area contributed by atoms with E-state index in [9.17, 15) is 15.3 Å². The fourth-order valence-electron chi connectivity index (χ4n) is 4.02. The maximum atomic E-state index is 11.0. The molecule has 0 aliphatic carbocycles. The Balaban J connectivity index is 1.94. The standard InChI is InChI=1S/C28H34O3/c1-27(2,3)22-14-8-12-20(25(22)30)16-18-10-7-11-19(24(18)29)17-21-13-9-15-23(26(21)31)28(4,5)6/h7-15,29-31H,16-17H2,1-6H3. The molecule has 3 rings (SSSR count). The minimum atomic E-state index is -0.167. The van der Waals surface area contributed by atoms with Gasteiger partial charge in [0, 0.05) is 12.8 Å².